The van der Waals surface area contributed by atoms with Crippen molar-refractivity contribution in [3.8, 4) is 0 Å². The van der Waals surface area contributed by atoms with Crippen LogP contribution >= 0.6 is 0 Å². The average molecular weight is 371 g/mol. The van der Waals surface area contributed by atoms with Crippen molar-refractivity contribution in [1.82, 2.24) is 4.90 Å². The molecule has 2 aromatic carbocycles. The zero-order valence-corrected chi connectivity index (χ0v) is 15.9. The van der Waals surface area contributed by atoms with E-state index in [0.29, 0.717) is 12.0 Å². The molecular weight excluding hydrogens is 348 g/mol. The van der Waals surface area contributed by atoms with E-state index in [1.165, 1.54) is 17.0 Å². The van der Waals surface area contributed by atoms with Gasteiger partial charge in [-0.2, -0.15) is 0 Å². The van der Waals surface area contributed by atoms with Gasteiger partial charge in [-0.05, 0) is 44.0 Å². The Morgan fingerprint density at radius 3 is 2.41 bits per heavy atom. The van der Waals surface area contributed by atoms with E-state index in [0.717, 1.165) is 5.56 Å². The van der Waals surface area contributed by atoms with Crippen LogP contribution in [-0.4, -0.2) is 23.8 Å². The van der Waals surface area contributed by atoms with Crippen molar-refractivity contribution in [2.24, 2.45) is 16.1 Å². The highest BCUT2D eigenvalue weighted by molar-refractivity contribution is 6.01. The maximum atomic E-state index is 14.8. The van der Waals surface area contributed by atoms with Crippen LogP contribution in [0.2, 0.25) is 0 Å². The third-order valence-corrected chi connectivity index (χ3v) is 5.65. The third-order valence-electron chi connectivity index (χ3n) is 5.65. The van der Waals surface area contributed by atoms with Crippen molar-refractivity contribution in [2.45, 2.75) is 32.7 Å². The van der Waals surface area contributed by atoms with Crippen LogP contribution in [0.15, 0.2) is 47.5 Å². The summed E-state index contributed by atoms with van der Waals surface area (Å²) >= 11 is 0. The Bertz CT molecular complexity index is 939. The molecule has 3 rings (SSSR count). The van der Waals surface area contributed by atoms with E-state index in [9.17, 15) is 13.6 Å². The Kier molecular flexibility index (Phi) is 4.54. The summed E-state index contributed by atoms with van der Waals surface area (Å²) in [6.07, 6.45) is 0.309. The molecule has 27 heavy (non-hydrogen) atoms. The van der Waals surface area contributed by atoms with Crippen LogP contribution in [0.4, 0.5) is 8.78 Å². The van der Waals surface area contributed by atoms with Crippen LogP contribution in [0, 0.1) is 17.0 Å². The number of carbonyl (C=O) groups excluding carboxylic acids is 1. The Balaban J connectivity index is 2.11. The summed E-state index contributed by atoms with van der Waals surface area (Å²) in [6, 6.07) is 11.1. The molecule has 0 fully saturated rings. The summed E-state index contributed by atoms with van der Waals surface area (Å²) in [4.78, 5) is 18.5. The minimum atomic E-state index is -1.18. The highest BCUT2D eigenvalue weighted by Gasteiger charge is 2.53. The molecule has 0 bridgehead atoms. The van der Waals surface area contributed by atoms with Crippen LogP contribution in [0.1, 0.15) is 37.5 Å². The number of benzene rings is 2. The Morgan fingerprint density at radius 2 is 1.74 bits per heavy atom. The molecule has 1 atom stereocenters. The van der Waals surface area contributed by atoms with Gasteiger partial charge in [0.25, 0.3) is 0 Å². The number of hydrogen-bond donors (Lipinski definition) is 1. The molecule has 1 aliphatic rings. The monoisotopic (exact) mass is 371 g/mol. The molecule has 0 saturated heterocycles. The normalized spacial score (nSPS) is 21.9. The summed E-state index contributed by atoms with van der Waals surface area (Å²) in [7, 11) is 1.55. The molecule has 2 N–H and O–H groups in total. The van der Waals surface area contributed by atoms with Gasteiger partial charge in [0.1, 0.15) is 17.2 Å². The molecule has 0 aromatic heterocycles. The van der Waals surface area contributed by atoms with Crippen molar-refractivity contribution in [2.75, 3.05) is 7.05 Å². The predicted molar refractivity (Wildman–Crippen MR) is 101 cm³/mol. The highest BCUT2D eigenvalue weighted by Crippen LogP contribution is 2.47. The number of halogens is 2. The first-order valence-corrected chi connectivity index (χ1v) is 8.73. The second-order valence-corrected chi connectivity index (χ2v) is 7.61. The minimum absolute atomic E-state index is 0.0423. The van der Waals surface area contributed by atoms with Crippen molar-refractivity contribution < 1.29 is 13.6 Å². The number of amides is 1. The first-order valence-electron chi connectivity index (χ1n) is 8.73. The summed E-state index contributed by atoms with van der Waals surface area (Å²) in [5.41, 5.74) is 5.24. The lowest BCUT2D eigenvalue weighted by atomic mass is 9.67. The van der Waals surface area contributed by atoms with Gasteiger partial charge in [-0.25, -0.2) is 13.8 Å². The standard InChI is InChI=1S/C21H23F2N3O/c1-20(2)18(27)26(4)19(24)25-21(20,3)15-12-13(9-10-17(15)23)11-14-7-5-6-8-16(14)22/h5-10,12H,11H2,1-4H3,(H2,24,25)/t21-/m1/s1. The molecule has 0 unspecified atom stereocenters. The Labute approximate surface area is 157 Å². The number of aliphatic imine (C=N–C) groups is 1. The topological polar surface area (TPSA) is 58.7 Å². The van der Waals surface area contributed by atoms with Crippen molar-refractivity contribution in [3.05, 3.63) is 70.8 Å². The van der Waals surface area contributed by atoms with Crippen LogP contribution in [0.5, 0.6) is 0 Å². The van der Waals surface area contributed by atoms with E-state index in [2.05, 4.69) is 4.99 Å². The number of rotatable bonds is 3. The van der Waals surface area contributed by atoms with E-state index < -0.39 is 16.8 Å². The first-order chi connectivity index (χ1) is 12.6. The van der Waals surface area contributed by atoms with E-state index in [4.69, 9.17) is 5.73 Å². The number of carbonyl (C=O) groups is 1. The average Bonchev–Trinajstić information content (AvgIpc) is 2.62. The Hall–Kier alpha value is -2.76. The van der Waals surface area contributed by atoms with Gasteiger partial charge in [-0.15, -0.1) is 0 Å². The summed E-state index contributed by atoms with van der Waals surface area (Å²) in [5.74, 6) is -0.986. The van der Waals surface area contributed by atoms with Crippen molar-refractivity contribution in [3.63, 3.8) is 0 Å². The van der Waals surface area contributed by atoms with E-state index >= 15 is 0 Å². The quantitative estimate of drug-likeness (QED) is 0.896. The van der Waals surface area contributed by atoms with Gasteiger partial charge >= 0.3 is 0 Å². The summed E-state index contributed by atoms with van der Waals surface area (Å²) in [5, 5.41) is 0. The largest absolute Gasteiger partial charge is 0.369 e. The maximum absolute atomic E-state index is 14.8. The van der Waals surface area contributed by atoms with Crippen LogP contribution in [-0.2, 0) is 16.8 Å². The van der Waals surface area contributed by atoms with E-state index in [1.54, 1.807) is 58.2 Å². The summed E-state index contributed by atoms with van der Waals surface area (Å²) in [6.45, 7) is 5.16. The van der Waals surface area contributed by atoms with Crippen LogP contribution < -0.4 is 5.73 Å². The van der Waals surface area contributed by atoms with Gasteiger partial charge in [0.05, 0.1) is 5.41 Å². The number of nitrogens with zero attached hydrogens (tertiary/aromatic N) is 2. The lowest BCUT2D eigenvalue weighted by Crippen LogP contribution is -2.58. The molecule has 1 aliphatic heterocycles. The summed E-state index contributed by atoms with van der Waals surface area (Å²) < 4.78 is 28.8. The zero-order valence-electron chi connectivity index (χ0n) is 15.9. The highest BCUT2D eigenvalue weighted by atomic mass is 19.1. The second-order valence-electron chi connectivity index (χ2n) is 7.61. The van der Waals surface area contributed by atoms with Crippen LogP contribution in [0.3, 0.4) is 0 Å². The molecule has 6 heteroatoms. The van der Waals surface area contributed by atoms with Gasteiger partial charge in [0, 0.05) is 19.0 Å². The fourth-order valence-corrected chi connectivity index (χ4v) is 3.49. The third kappa shape index (κ3) is 2.99. The number of nitrogens with two attached hydrogens (primary N) is 1. The first kappa shape index (κ1) is 19.0. The van der Waals surface area contributed by atoms with E-state index in [1.807, 2.05) is 0 Å². The molecular formula is C21H23F2N3O. The fourth-order valence-electron chi connectivity index (χ4n) is 3.49. The molecule has 142 valence electrons. The molecule has 0 saturated carbocycles. The fraction of sp³-hybridized carbons (Fsp3) is 0.333. The van der Waals surface area contributed by atoms with Gasteiger partial charge in [0.2, 0.25) is 5.91 Å². The molecule has 0 spiro atoms. The maximum Gasteiger partial charge on any atom is 0.237 e. The zero-order chi connectivity index (χ0) is 20.0. The molecule has 4 nitrogen and oxygen atoms in total. The lowest BCUT2D eigenvalue weighted by molar-refractivity contribution is -0.140. The van der Waals surface area contributed by atoms with E-state index in [-0.39, 0.29) is 23.2 Å². The second kappa shape index (κ2) is 6.44. The lowest BCUT2D eigenvalue weighted by Gasteiger charge is -2.46. The van der Waals surface area contributed by atoms with Crippen molar-refractivity contribution >= 4 is 11.9 Å². The van der Waals surface area contributed by atoms with Gasteiger partial charge in [0.15, 0.2) is 5.96 Å². The number of hydrogen-bond acceptors (Lipinski definition) is 3. The minimum Gasteiger partial charge on any atom is -0.369 e. The van der Waals surface area contributed by atoms with Crippen molar-refractivity contribution in [1.29, 1.82) is 0 Å². The van der Waals surface area contributed by atoms with Gasteiger partial charge in [-0.3, -0.25) is 9.69 Å². The van der Waals surface area contributed by atoms with Gasteiger partial charge < -0.3 is 5.73 Å². The smallest absolute Gasteiger partial charge is 0.237 e. The van der Waals surface area contributed by atoms with Gasteiger partial charge in [-0.1, -0.05) is 30.3 Å². The number of guanidine groups is 1. The molecule has 1 amide bonds. The Morgan fingerprint density at radius 1 is 1.07 bits per heavy atom. The van der Waals surface area contributed by atoms with Crippen LogP contribution in [0.25, 0.3) is 0 Å². The molecule has 0 radical (unpaired) electrons. The molecule has 2 aromatic rings. The SMILES string of the molecule is CN1C(=O)C(C)(C)[C@@](C)(c2cc(Cc3ccccc3F)ccc2F)N=C1N. The molecule has 0 aliphatic carbocycles. The predicted octanol–water partition coefficient (Wildman–Crippen LogP) is 3.58. The molecule has 1 heterocycles.